The highest BCUT2D eigenvalue weighted by Crippen LogP contribution is 2.34. The molecule has 0 aliphatic heterocycles. The molecule has 1 saturated carbocycles. The van der Waals surface area contributed by atoms with Crippen molar-refractivity contribution in [2.45, 2.75) is 31.6 Å². The summed E-state index contributed by atoms with van der Waals surface area (Å²) in [6.45, 7) is 0. The van der Waals surface area contributed by atoms with Gasteiger partial charge in [0.2, 0.25) is 5.95 Å². The molecule has 0 amide bonds. The first-order chi connectivity index (χ1) is 10.2. The van der Waals surface area contributed by atoms with Gasteiger partial charge in [0.15, 0.2) is 0 Å². The number of nitrogens with zero attached hydrogens (tertiary/aromatic N) is 2. The standard InChI is InChI=1S/C15H17N5O/c16-12-13(9-5-1-2-6-9)19-20(14(12)21)15-17-10-7-3-4-8-11(10)18-15/h3-4,7-9,19H,1-2,5-6,16H2,(H,17,18). The summed E-state index contributed by atoms with van der Waals surface area (Å²) >= 11 is 0. The molecule has 1 aromatic carbocycles. The molecule has 3 aromatic rings. The van der Waals surface area contributed by atoms with Crippen molar-refractivity contribution in [3.63, 3.8) is 0 Å². The van der Waals surface area contributed by atoms with Crippen molar-refractivity contribution in [2.24, 2.45) is 0 Å². The Balaban J connectivity index is 1.84. The lowest BCUT2D eigenvalue weighted by Gasteiger charge is -2.06. The van der Waals surface area contributed by atoms with Gasteiger partial charge in [-0.05, 0) is 25.0 Å². The van der Waals surface area contributed by atoms with Gasteiger partial charge in [0.1, 0.15) is 5.69 Å². The summed E-state index contributed by atoms with van der Waals surface area (Å²) in [7, 11) is 0. The molecular formula is C15H17N5O. The van der Waals surface area contributed by atoms with Crippen LogP contribution in [0.2, 0.25) is 0 Å². The number of para-hydroxylation sites is 2. The molecule has 21 heavy (non-hydrogen) atoms. The molecule has 108 valence electrons. The molecule has 4 rings (SSSR count). The first-order valence-corrected chi connectivity index (χ1v) is 7.29. The number of hydrogen-bond donors (Lipinski definition) is 3. The smallest absolute Gasteiger partial charge is 0.297 e. The normalized spacial score (nSPS) is 16.0. The summed E-state index contributed by atoms with van der Waals surface area (Å²) in [6, 6.07) is 7.69. The number of fused-ring (bicyclic) bond motifs is 1. The Morgan fingerprint density at radius 1 is 1.24 bits per heavy atom. The van der Waals surface area contributed by atoms with Crippen molar-refractivity contribution in [2.75, 3.05) is 5.73 Å². The number of H-pyrrole nitrogens is 2. The average Bonchev–Trinajstić information content (AvgIpc) is 3.19. The molecule has 6 heteroatoms. The molecule has 2 aromatic heterocycles. The van der Waals surface area contributed by atoms with Crippen molar-refractivity contribution in [3.05, 3.63) is 40.3 Å². The fourth-order valence-electron chi connectivity index (χ4n) is 3.19. The summed E-state index contributed by atoms with van der Waals surface area (Å²) in [5.74, 6) is 0.848. The van der Waals surface area contributed by atoms with Crippen molar-refractivity contribution < 1.29 is 0 Å². The maximum atomic E-state index is 12.4. The van der Waals surface area contributed by atoms with E-state index in [1.54, 1.807) is 0 Å². The largest absolute Gasteiger partial charge is 0.393 e. The number of rotatable bonds is 2. The number of nitrogen functional groups attached to an aromatic ring is 1. The first kappa shape index (κ1) is 12.3. The predicted octanol–water partition coefficient (Wildman–Crippen LogP) is 2.28. The van der Waals surface area contributed by atoms with Gasteiger partial charge < -0.3 is 10.7 Å². The molecular weight excluding hydrogens is 266 g/mol. The number of benzene rings is 1. The number of imidazole rings is 1. The second kappa shape index (κ2) is 4.51. The summed E-state index contributed by atoms with van der Waals surface area (Å²) in [6.07, 6.45) is 4.57. The van der Waals surface area contributed by atoms with Crippen LogP contribution in [-0.2, 0) is 0 Å². The van der Waals surface area contributed by atoms with E-state index in [9.17, 15) is 4.79 Å². The molecule has 4 N–H and O–H groups in total. The quantitative estimate of drug-likeness (QED) is 0.673. The van der Waals surface area contributed by atoms with Gasteiger partial charge in [-0.2, -0.15) is 4.68 Å². The fraction of sp³-hybridized carbons (Fsp3) is 0.333. The zero-order valence-corrected chi connectivity index (χ0v) is 11.6. The van der Waals surface area contributed by atoms with Gasteiger partial charge in [0, 0.05) is 5.92 Å². The van der Waals surface area contributed by atoms with E-state index in [4.69, 9.17) is 5.73 Å². The number of aromatic amines is 2. The molecule has 0 spiro atoms. The van der Waals surface area contributed by atoms with Crippen LogP contribution < -0.4 is 11.3 Å². The Kier molecular flexibility index (Phi) is 2.63. The van der Waals surface area contributed by atoms with Crippen LogP contribution in [0.25, 0.3) is 17.0 Å². The molecule has 1 aliphatic rings. The van der Waals surface area contributed by atoms with Crippen LogP contribution >= 0.6 is 0 Å². The van der Waals surface area contributed by atoms with Crippen LogP contribution in [0.4, 0.5) is 5.69 Å². The second-order valence-corrected chi connectivity index (χ2v) is 5.64. The highest BCUT2D eigenvalue weighted by molar-refractivity contribution is 5.75. The lowest BCUT2D eigenvalue weighted by atomic mass is 10.0. The van der Waals surface area contributed by atoms with Gasteiger partial charge in [-0.3, -0.25) is 9.89 Å². The second-order valence-electron chi connectivity index (χ2n) is 5.64. The molecule has 0 bridgehead atoms. The third-order valence-corrected chi connectivity index (χ3v) is 4.31. The van der Waals surface area contributed by atoms with Gasteiger partial charge in [0.25, 0.3) is 5.56 Å². The van der Waals surface area contributed by atoms with Crippen molar-refractivity contribution in [1.29, 1.82) is 0 Å². The van der Waals surface area contributed by atoms with E-state index < -0.39 is 0 Å². The molecule has 2 heterocycles. The number of nitrogens with two attached hydrogens (primary N) is 1. The van der Waals surface area contributed by atoms with Gasteiger partial charge in [0.05, 0.1) is 16.7 Å². The topological polar surface area (TPSA) is 92.5 Å². The number of anilines is 1. The minimum Gasteiger partial charge on any atom is -0.393 e. The van der Waals surface area contributed by atoms with Crippen LogP contribution in [0.5, 0.6) is 0 Å². The maximum absolute atomic E-state index is 12.4. The summed E-state index contributed by atoms with van der Waals surface area (Å²) in [4.78, 5) is 20.0. The van der Waals surface area contributed by atoms with E-state index in [0.29, 0.717) is 17.6 Å². The minimum atomic E-state index is -0.226. The summed E-state index contributed by atoms with van der Waals surface area (Å²) < 4.78 is 1.42. The maximum Gasteiger partial charge on any atom is 0.297 e. The molecule has 1 aliphatic carbocycles. The van der Waals surface area contributed by atoms with Crippen molar-refractivity contribution in [3.8, 4) is 5.95 Å². The monoisotopic (exact) mass is 283 g/mol. The third-order valence-electron chi connectivity index (χ3n) is 4.31. The summed E-state index contributed by atoms with van der Waals surface area (Å²) in [5.41, 5.74) is 8.69. The number of aromatic nitrogens is 4. The van der Waals surface area contributed by atoms with E-state index in [1.165, 1.54) is 17.5 Å². The predicted molar refractivity (Wildman–Crippen MR) is 81.7 cm³/mol. The zero-order valence-electron chi connectivity index (χ0n) is 11.6. The molecule has 6 nitrogen and oxygen atoms in total. The third kappa shape index (κ3) is 1.86. The van der Waals surface area contributed by atoms with E-state index >= 15 is 0 Å². The molecule has 0 atom stereocenters. The van der Waals surface area contributed by atoms with Gasteiger partial charge in [-0.25, -0.2) is 4.98 Å². The van der Waals surface area contributed by atoms with Crippen LogP contribution in [0, 0.1) is 0 Å². The SMILES string of the molecule is Nc1c(C2CCCC2)[nH]n(-c2nc3ccccc3[nH]2)c1=O. The van der Waals surface area contributed by atoms with E-state index in [-0.39, 0.29) is 5.56 Å². The van der Waals surface area contributed by atoms with Crippen molar-refractivity contribution in [1.82, 2.24) is 19.7 Å². The Morgan fingerprint density at radius 3 is 2.76 bits per heavy atom. The van der Waals surface area contributed by atoms with Gasteiger partial charge in [-0.1, -0.05) is 25.0 Å². The number of hydrogen-bond acceptors (Lipinski definition) is 3. The van der Waals surface area contributed by atoms with E-state index in [1.807, 2.05) is 24.3 Å². The fourth-order valence-corrected chi connectivity index (χ4v) is 3.19. The average molecular weight is 283 g/mol. The van der Waals surface area contributed by atoms with Crippen LogP contribution in [0.1, 0.15) is 37.3 Å². The van der Waals surface area contributed by atoms with Crippen LogP contribution in [-0.4, -0.2) is 19.7 Å². The van der Waals surface area contributed by atoms with Crippen molar-refractivity contribution >= 4 is 16.7 Å². The Labute approximate surface area is 121 Å². The van der Waals surface area contributed by atoms with Gasteiger partial charge >= 0.3 is 0 Å². The zero-order chi connectivity index (χ0) is 14.4. The highest BCUT2D eigenvalue weighted by Gasteiger charge is 2.24. The first-order valence-electron chi connectivity index (χ1n) is 7.29. The van der Waals surface area contributed by atoms with E-state index in [0.717, 1.165) is 29.6 Å². The molecule has 0 saturated heterocycles. The minimum absolute atomic E-state index is 0.226. The number of nitrogens with one attached hydrogen (secondary N) is 2. The lowest BCUT2D eigenvalue weighted by molar-refractivity contribution is 0.672. The van der Waals surface area contributed by atoms with Crippen LogP contribution in [0.3, 0.4) is 0 Å². The van der Waals surface area contributed by atoms with Crippen LogP contribution in [0.15, 0.2) is 29.1 Å². The summed E-state index contributed by atoms with van der Waals surface area (Å²) in [5, 5.41) is 3.15. The Hall–Kier alpha value is -2.50. The van der Waals surface area contributed by atoms with Gasteiger partial charge in [-0.15, -0.1) is 0 Å². The Morgan fingerprint density at radius 2 is 2.00 bits per heavy atom. The molecule has 1 fully saturated rings. The van der Waals surface area contributed by atoms with E-state index in [2.05, 4.69) is 15.1 Å². The Bertz CT molecular complexity index is 817. The molecule has 0 unspecified atom stereocenters. The lowest BCUT2D eigenvalue weighted by Crippen LogP contribution is -2.17. The molecule has 0 radical (unpaired) electrons. The highest BCUT2D eigenvalue weighted by atomic mass is 16.1.